The number of hydrogen-bond donors (Lipinski definition) is 1. The molecule has 0 aromatic carbocycles. The van der Waals surface area contributed by atoms with Crippen molar-refractivity contribution in [3.05, 3.63) is 29.7 Å². The first-order valence-corrected chi connectivity index (χ1v) is 5.13. The highest BCUT2D eigenvalue weighted by molar-refractivity contribution is 7.13. The Hall–Kier alpha value is -1.33. The number of rotatable bonds is 2. The molecule has 0 aliphatic rings. The van der Waals surface area contributed by atoms with E-state index in [0.717, 1.165) is 16.4 Å². The van der Waals surface area contributed by atoms with E-state index >= 15 is 0 Å². The van der Waals surface area contributed by atoms with Gasteiger partial charge in [-0.25, -0.2) is 4.98 Å². The second-order valence-corrected chi connectivity index (χ2v) is 3.81. The fraction of sp³-hybridized carbons (Fsp3) is 0.222. The van der Waals surface area contributed by atoms with Gasteiger partial charge in [0, 0.05) is 30.0 Å². The van der Waals surface area contributed by atoms with Crippen molar-refractivity contribution in [3.8, 4) is 10.7 Å². The van der Waals surface area contributed by atoms with E-state index in [1.165, 1.54) is 11.3 Å². The molecule has 0 saturated carbocycles. The van der Waals surface area contributed by atoms with Crippen molar-refractivity contribution < 1.29 is 0 Å². The van der Waals surface area contributed by atoms with Crippen LogP contribution in [0.15, 0.2) is 24.0 Å². The van der Waals surface area contributed by atoms with Crippen LogP contribution < -0.4 is 5.73 Å². The van der Waals surface area contributed by atoms with Gasteiger partial charge < -0.3 is 5.73 Å². The molecule has 14 heavy (non-hydrogen) atoms. The molecule has 0 aliphatic carbocycles. The zero-order valence-electron chi connectivity index (χ0n) is 7.71. The molecule has 0 fully saturated rings. The lowest BCUT2D eigenvalue weighted by Crippen LogP contribution is -2.09. The monoisotopic (exact) mass is 206 g/mol. The van der Waals surface area contributed by atoms with Crippen LogP contribution in [0.2, 0.25) is 0 Å². The summed E-state index contributed by atoms with van der Waals surface area (Å²) in [4.78, 5) is 12.7. The van der Waals surface area contributed by atoms with E-state index in [1.54, 1.807) is 18.6 Å². The van der Waals surface area contributed by atoms with Gasteiger partial charge in [0.2, 0.25) is 0 Å². The third-order valence-electron chi connectivity index (χ3n) is 1.79. The number of thiazole rings is 1. The van der Waals surface area contributed by atoms with E-state index in [9.17, 15) is 0 Å². The van der Waals surface area contributed by atoms with Crippen molar-refractivity contribution >= 4 is 11.3 Å². The second kappa shape index (κ2) is 3.81. The highest BCUT2D eigenvalue weighted by Crippen LogP contribution is 2.24. The van der Waals surface area contributed by atoms with Gasteiger partial charge >= 0.3 is 0 Å². The molecule has 0 unspecified atom stereocenters. The quantitative estimate of drug-likeness (QED) is 0.811. The summed E-state index contributed by atoms with van der Waals surface area (Å²) in [5.74, 6) is 0. The Kier molecular flexibility index (Phi) is 2.51. The maximum absolute atomic E-state index is 5.79. The van der Waals surface area contributed by atoms with Gasteiger partial charge in [0.15, 0.2) is 0 Å². The minimum atomic E-state index is -0.123. The summed E-state index contributed by atoms with van der Waals surface area (Å²) >= 11 is 1.54. The molecule has 0 saturated heterocycles. The lowest BCUT2D eigenvalue weighted by atomic mass is 10.2. The predicted octanol–water partition coefficient (Wildman–Crippen LogP) is 1.62. The molecule has 4 nitrogen and oxygen atoms in total. The molecule has 5 heteroatoms. The predicted molar refractivity (Wildman–Crippen MR) is 55.7 cm³/mol. The van der Waals surface area contributed by atoms with Gasteiger partial charge in [-0.1, -0.05) is 0 Å². The third-order valence-corrected chi connectivity index (χ3v) is 2.57. The Balaban J connectivity index is 2.53. The molecule has 1 atom stereocenters. The molecule has 2 aromatic rings. The summed E-state index contributed by atoms with van der Waals surface area (Å²) in [6, 6.07) is -0.123. The van der Waals surface area contributed by atoms with Crippen LogP contribution in [0.5, 0.6) is 0 Å². The lowest BCUT2D eigenvalue weighted by Gasteiger charge is -2.07. The van der Waals surface area contributed by atoms with Crippen LogP contribution in [0.1, 0.15) is 18.7 Å². The van der Waals surface area contributed by atoms with E-state index in [1.807, 2.05) is 12.3 Å². The Morgan fingerprint density at radius 3 is 2.64 bits per heavy atom. The molecule has 2 N–H and O–H groups in total. The fourth-order valence-electron chi connectivity index (χ4n) is 1.19. The number of nitrogens with two attached hydrogens (primary N) is 1. The Bertz CT molecular complexity index is 411. The summed E-state index contributed by atoms with van der Waals surface area (Å²) in [5, 5.41) is 2.78. The largest absolute Gasteiger partial charge is 0.323 e. The van der Waals surface area contributed by atoms with Gasteiger partial charge in [0.05, 0.1) is 5.69 Å². The summed E-state index contributed by atoms with van der Waals surface area (Å²) < 4.78 is 0. The van der Waals surface area contributed by atoms with Crippen molar-refractivity contribution in [2.24, 2.45) is 5.73 Å². The summed E-state index contributed by atoms with van der Waals surface area (Å²) in [6.45, 7) is 1.89. The number of nitrogens with zero attached hydrogens (tertiary/aromatic N) is 3. The van der Waals surface area contributed by atoms with Crippen LogP contribution in [0.4, 0.5) is 0 Å². The van der Waals surface area contributed by atoms with Crippen molar-refractivity contribution in [2.75, 3.05) is 0 Å². The molecular formula is C9H10N4S. The smallest absolute Gasteiger partial charge is 0.143 e. The fourth-order valence-corrected chi connectivity index (χ4v) is 1.83. The van der Waals surface area contributed by atoms with E-state index in [2.05, 4.69) is 15.0 Å². The molecule has 72 valence electrons. The van der Waals surface area contributed by atoms with Crippen molar-refractivity contribution in [1.29, 1.82) is 0 Å². The van der Waals surface area contributed by atoms with Gasteiger partial charge in [-0.05, 0) is 6.92 Å². The molecule has 0 spiro atoms. The van der Waals surface area contributed by atoms with Gasteiger partial charge in [-0.2, -0.15) is 0 Å². The lowest BCUT2D eigenvalue weighted by molar-refractivity contribution is 0.775. The first-order valence-electron chi connectivity index (χ1n) is 4.25. The van der Waals surface area contributed by atoms with Crippen LogP contribution in [-0.2, 0) is 0 Å². The minimum absolute atomic E-state index is 0.123. The molecule has 2 rings (SSSR count). The maximum atomic E-state index is 5.79. The Morgan fingerprint density at radius 1 is 1.21 bits per heavy atom. The molecule has 0 aliphatic heterocycles. The van der Waals surface area contributed by atoms with E-state index in [0.29, 0.717) is 0 Å². The molecule has 0 amide bonds. The maximum Gasteiger partial charge on any atom is 0.143 e. The van der Waals surface area contributed by atoms with E-state index in [4.69, 9.17) is 5.73 Å². The van der Waals surface area contributed by atoms with Crippen molar-refractivity contribution in [3.63, 3.8) is 0 Å². The summed E-state index contributed by atoms with van der Waals surface area (Å²) in [7, 11) is 0. The highest BCUT2D eigenvalue weighted by atomic mass is 32.1. The SMILES string of the molecule is C[C@H](N)c1nccnc1-c1nccs1. The average molecular weight is 206 g/mol. The van der Waals surface area contributed by atoms with E-state index < -0.39 is 0 Å². The van der Waals surface area contributed by atoms with Crippen LogP contribution >= 0.6 is 11.3 Å². The molecular weight excluding hydrogens is 196 g/mol. The molecule has 2 heterocycles. The van der Waals surface area contributed by atoms with Crippen LogP contribution in [0, 0.1) is 0 Å². The molecule has 2 aromatic heterocycles. The number of aromatic nitrogens is 3. The first kappa shape index (κ1) is 9.23. The van der Waals surface area contributed by atoms with Crippen molar-refractivity contribution in [2.45, 2.75) is 13.0 Å². The first-order chi connectivity index (χ1) is 6.79. The van der Waals surface area contributed by atoms with Gasteiger partial charge in [0.25, 0.3) is 0 Å². The zero-order chi connectivity index (χ0) is 9.97. The Morgan fingerprint density at radius 2 is 2.00 bits per heavy atom. The van der Waals surface area contributed by atoms with Gasteiger partial charge in [-0.15, -0.1) is 11.3 Å². The van der Waals surface area contributed by atoms with Gasteiger partial charge in [0.1, 0.15) is 10.7 Å². The number of hydrogen-bond acceptors (Lipinski definition) is 5. The highest BCUT2D eigenvalue weighted by Gasteiger charge is 2.12. The van der Waals surface area contributed by atoms with Crippen LogP contribution in [0.25, 0.3) is 10.7 Å². The average Bonchev–Trinajstić information content (AvgIpc) is 2.70. The van der Waals surface area contributed by atoms with Gasteiger partial charge in [-0.3, -0.25) is 9.97 Å². The van der Waals surface area contributed by atoms with Crippen molar-refractivity contribution in [1.82, 2.24) is 15.0 Å². The third kappa shape index (κ3) is 1.64. The van der Waals surface area contributed by atoms with Crippen LogP contribution in [-0.4, -0.2) is 15.0 Å². The standard InChI is InChI=1S/C9H10N4S/c1-6(10)7-8(12-3-2-11-7)9-13-4-5-14-9/h2-6H,10H2,1H3/t6-/m0/s1. The second-order valence-electron chi connectivity index (χ2n) is 2.92. The zero-order valence-corrected chi connectivity index (χ0v) is 8.53. The Labute approximate surface area is 85.9 Å². The minimum Gasteiger partial charge on any atom is -0.323 e. The summed E-state index contributed by atoms with van der Waals surface area (Å²) in [5.41, 5.74) is 7.38. The molecule has 0 radical (unpaired) electrons. The normalized spacial score (nSPS) is 12.7. The van der Waals surface area contributed by atoms with E-state index in [-0.39, 0.29) is 6.04 Å². The summed E-state index contributed by atoms with van der Waals surface area (Å²) in [6.07, 6.45) is 5.05. The topological polar surface area (TPSA) is 64.7 Å². The molecule has 0 bridgehead atoms. The van der Waals surface area contributed by atoms with Crippen LogP contribution in [0.3, 0.4) is 0 Å².